The fourth-order valence-electron chi connectivity index (χ4n) is 1.35. The van der Waals surface area contributed by atoms with E-state index < -0.39 is 0 Å². The SMILES string of the molecule is Cc1oc(-c2cccc(F)c2)[n+]([O-])c1C.Cl. The lowest BCUT2D eigenvalue weighted by molar-refractivity contribution is -0.602. The number of nitrogens with zero attached hydrogens (tertiary/aromatic N) is 1. The monoisotopic (exact) mass is 243 g/mol. The molecule has 0 bridgehead atoms. The van der Waals surface area contributed by atoms with E-state index in [2.05, 4.69) is 0 Å². The summed E-state index contributed by atoms with van der Waals surface area (Å²) in [7, 11) is 0. The van der Waals surface area contributed by atoms with Gasteiger partial charge in [-0.25, -0.2) is 4.39 Å². The molecule has 0 N–H and O–H groups in total. The predicted molar refractivity (Wildman–Crippen MR) is 59.8 cm³/mol. The summed E-state index contributed by atoms with van der Waals surface area (Å²) in [6.07, 6.45) is 0. The van der Waals surface area contributed by atoms with Crippen LogP contribution in [-0.4, -0.2) is 0 Å². The third-order valence-corrected chi connectivity index (χ3v) is 2.32. The summed E-state index contributed by atoms with van der Waals surface area (Å²) in [5.74, 6) is 0.285. The van der Waals surface area contributed by atoms with Gasteiger partial charge in [-0.3, -0.25) is 0 Å². The maximum absolute atomic E-state index is 12.9. The van der Waals surface area contributed by atoms with E-state index in [4.69, 9.17) is 4.42 Å². The Morgan fingerprint density at radius 1 is 1.31 bits per heavy atom. The van der Waals surface area contributed by atoms with Gasteiger partial charge >= 0.3 is 5.89 Å². The number of oxazole rings is 1. The van der Waals surface area contributed by atoms with Crippen molar-refractivity contribution in [3.05, 3.63) is 46.7 Å². The summed E-state index contributed by atoms with van der Waals surface area (Å²) in [5.41, 5.74) is 0.940. The number of hydrogen-bond acceptors (Lipinski definition) is 2. The lowest BCUT2D eigenvalue weighted by Gasteiger charge is -1.97. The molecule has 86 valence electrons. The van der Waals surface area contributed by atoms with Crippen LogP contribution in [0.1, 0.15) is 11.5 Å². The van der Waals surface area contributed by atoms with E-state index in [-0.39, 0.29) is 24.1 Å². The number of benzene rings is 1. The van der Waals surface area contributed by atoms with Crippen molar-refractivity contribution in [1.82, 2.24) is 0 Å². The van der Waals surface area contributed by atoms with Crippen LogP contribution in [0, 0.1) is 24.9 Å². The molecule has 1 aromatic heterocycles. The third-order valence-electron chi connectivity index (χ3n) is 2.32. The normalized spacial score (nSPS) is 9.94. The molecule has 0 saturated carbocycles. The summed E-state index contributed by atoms with van der Waals surface area (Å²) in [6.45, 7) is 3.36. The average Bonchev–Trinajstić information content (AvgIpc) is 2.46. The van der Waals surface area contributed by atoms with Crippen molar-refractivity contribution in [1.29, 1.82) is 0 Å². The molecule has 0 radical (unpaired) electrons. The second kappa shape index (κ2) is 4.53. The van der Waals surface area contributed by atoms with Gasteiger partial charge in [0.2, 0.25) is 5.69 Å². The fraction of sp³-hybridized carbons (Fsp3) is 0.182. The molecular weight excluding hydrogens is 233 g/mol. The molecule has 0 spiro atoms. The topological polar surface area (TPSA) is 40.1 Å². The second-order valence-corrected chi connectivity index (χ2v) is 3.35. The van der Waals surface area contributed by atoms with Gasteiger partial charge < -0.3 is 9.62 Å². The smallest absolute Gasteiger partial charge is 0.392 e. The summed E-state index contributed by atoms with van der Waals surface area (Å²) >= 11 is 0. The molecule has 1 heterocycles. The van der Waals surface area contributed by atoms with Crippen LogP contribution in [0.2, 0.25) is 0 Å². The molecule has 0 aliphatic rings. The van der Waals surface area contributed by atoms with E-state index in [1.807, 2.05) is 0 Å². The molecule has 0 aliphatic carbocycles. The van der Waals surface area contributed by atoms with E-state index in [0.717, 1.165) is 0 Å². The Kier molecular flexibility index (Phi) is 3.55. The van der Waals surface area contributed by atoms with Gasteiger partial charge in [-0.2, -0.15) is 0 Å². The highest BCUT2D eigenvalue weighted by Crippen LogP contribution is 2.19. The first kappa shape index (κ1) is 12.5. The third kappa shape index (κ3) is 2.02. The van der Waals surface area contributed by atoms with Gasteiger partial charge in [0.15, 0.2) is 5.76 Å². The van der Waals surface area contributed by atoms with Gasteiger partial charge in [-0.15, -0.1) is 17.1 Å². The zero-order valence-electron chi connectivity index (χ0n) is 8.86. The molecule has 0 saturated heterocycles. The van der Waals surface area contributed by atoms with Gasteiger partial charge in [0.25, 0.3) is 0 Å². The highest BCUT2D eigenvalue weighted by Gasteiger charge is 2.20. The van der Waals surface area contributed by atoms with Crippen LogP contribution in [0.25, 0.3) is 11.5 Å². The van der Waals surface area contributed by atoms with Crippen LogP contribution in [0.5, 0.6) is 0 Å². The van der Waals surface area contributed by atoms with Crippen molar-refractivity contribution in [3.63, 3.8) is 0 Å². The molecule has 0 aliphatic heterocycles. The highest BCUT2D eigenvalue weighted by atomic mass is 35.5. The molecular formula is C11H11ClFNO2. The van der Waals surface area contributed by atoms with Crippen molar-refractivity contribution in [2.45, 2.75) is 13.8 Å². The van der Waals surface area contributed by atoms with Crippen LogP contribution >= 0.6 is 12.4 Å². The van der Waals surface area contributed by atoms with E-state index in [0.29, 0.717) is 21.7 Å². The number of halogens is 2. The first-order valence-electron chi connectivity index (χ1n) is 4.55. The standard InChI is InChI=1S/C11H10FNO2.ClH/c1-7-8(2)15-11(13(7)14)9-4-3-5-10(12)6-9;/h3-6H,1-2H3;1H. The number of aryl methyl sites for hydroxylation is 1. The number of hydrogen-bond donors (Lipinski definition) is 0. The molecule has 3 nitrogen and oxygen atoms in total. The van der Waals surface area contributed by atoms with E-state index in [1.54, 1.807) is 19.9 Å². The van der Waals surface area contributed by atoms with Crippen molar-refractivity contribution in [3.8, 4) is 11.5 Å². The van der Waals surface area contributed by atoms with Gasteiger partial charge in [0.05, 0.1) is 5.56 Å². The Morgan fingerprint density at radius 2 is 2.00 bits per heavy atom. The second-order valence-electron chi connectivity index (χ2n) is 3.35. The Balaban J connectivity index is 0.00000128. The van der Waals surface area contributed by atoms with Gasteiger partial charge in [0.1, 0.15) is 5.82 Å². The predicted octanol–water partition coefficient (Wildman–Crippen LogP) is 2.76. The summed E-state index contributed by atoms with van der Waals surface area (Å²) < 4.78 is 18.9. The lowest BCUT2D eigenvalue weighted by Crippen LogP contribution is -2.29. The van der Waals surface area contributed by atoms with Crippen molar-refractivity contribution >= 4 is 12.4 Å². The van der Waals surface area contributed by atoms with Crippen LogP contribution in [0.15, 0.2) is 28.7 Å². The summed E-state index contributed by atoms with van der Waals surface area (Å²) in [6, 6.07) is 5.76. The Morgan fingerprint density at radius 3 is 2.50 bits per heavy atom. The zero-order chi connectivity index (χ0) is 11.0. The van der Waals surface area contributed by atoms with Crippen LogP contribution in [0.3, 0.4) is 0 Å². The molecule has 2 aromatic rings. The minimum absolute atomic E-state index is 0. The largest absolute Gasteiger partial charge is 0.616 e. The molecule has 5 heteroatoms. The first-order valence-corrected chi connectivity index (χ1v) is 4.55. The quantitative estimate of drug-likeness (QED) is 0.571. The molecule has 16 heavy (non-hydrogen) atoms. The van der Waals surface area contributed by atoms with Crippen LogP contribution < -0.4 is 4.73 Å². The minimum atomic E-state index is -0.390. The van der Waals surface area contributed by atoms with E-state index in [9.17, 15) is 9.60 Å². The molecule has 0 atom stereocenters. The molecule has 2 rings (SSSR count). The Labute approximate surface area is 98.5 Å². The minimum Gasteiger partial charge on any atom is -0.616 e. The van der Waals surface area contributed by atoms with Crippen molar-refractivity contribution in [2.24, 2.45) is 0 Å². The van der Waals surface area contributed by atoms with Crippen LogP contribution in [0.4, 0.5) is 4.39 Å². The van der Waals surface area contributed by atoms with Gasteiger partial charge in [-0.1, -0.05) is 6.07 Å². The molecule has 1 aromatic carbocycles. The van der Waals surface area contributed by atoms with Gasteiger partial charge in [-0.05, 0) is 18.2 Å². The summed E-state index contributed by atoms with van der Waals surface area (Å²) in [4.78, 5) is 0. The Bertz CT molecular complexity index is 511. The summed E-state index contributed by atoms with van der Waals surface area (Å²) in [5, 5.41) is 11.6. The average molecular weight is 244 g/mol. The highest BCUT2D eigenvalue weighted by molar-refractivity contribution is 5.85. The maximum atomic E-state index is 12.9. The fourth-order valence-corrected chi connectivity index (χ4v) is 1.35. The van der Waals surface area contributed by atoms with Crippen molar-refractivity contribution < 1.29 is 13.5 Å². The van der Waals surface area contributed by atoms with Crippen molar-refractivity contribution in [2.75, 3.05) is 0 Å². The Hall–Kier alpha value is -1.55. The lowest BCUT2D eigenvalue weighted by atomic mass is 10.2. The maximum Gasteiger partial charge on any atom is 0.392 e. The van der Waals surface area contributed by atoms with Crippen LogP contribution in [-0.2, 0) is 0 Å². The molecule has 0 unspecified atom stereocenters. The number of aromatic nitrogens is 1. The number of rotatable bonds is 1. The first-order chi connectivity index (χ1) is 7.09. The van der Waals surface area contributed by atoms with E-state index in [1.165, 1.54) is 18.2 Å². The zero-order valence-corrected chi connectivity index (χ0v) is 9.68. The van der Waals surface area contributed by atoms with Gasteiger partial charge in [0, 0.05) is 13.8 Å². The molecule has 0 amide bonds. The van der Waals surface area contributed by atoms with E-state index >= 15 is 0 Å². The molecule has 0 fully saturated rings.